The van der Waals surface area contributed by atoms with Crippen LogP contribution in [-0.2, 0) is 19.1 Å². The molecule has 0 N–H and O–H groups in total. The van der Waals surface area contributed by atoms with Gasteiger partial charge in [-0.05, 0) is 61.4 Å². The predicted octanol–water partition coefficient (Wildman–Crippen LogP) is 2.41. The molecule has 1 aliphatic heterocycles. The van der Waals surface area contributed by atoms with Gasteiger partial charge in [0.2, 0.25) is 5.91 Å². The lowest BCUT2D eigenvalue weighted by molar-refractivity contribution is -0.144. The highest BCUT2D eigenvalue weighted by molar-refractivity contribution is 6.10. The first-order valence-corrected chi connectivity index (χ1v) is 9.71. The number of Topliss-reactive ketones (excluding diaryl/α,β-unsaturated/α-hetero) is 2. The van der Waals surface area contributed by atoms with Crippen molar-refractivity contribution in [3.8, 4) is 11.8 Å². The molecule has 148 valence electrons. The van der Waals surface area contributed by atoms with Gasteiger partial charge in [-0.2, -0.15) is 0 Å². The van der Waals surface area contributed by atoms with Crippen LogP contribution in [0.4, 0.5) is 0 Å². The van der Waals surface area contributed by atoms with Crippen molar-refractivity contribution < 1.29 is 19.1 Å². The van der Waals surface area contributed by atoms with Crippen molar-refractivity contribution >= 4 is 17.5 Å². The maximum absolute atomic E-state index is 12.9. The normalized spacial score (nSPS) is 22.5. The highest BCUT2D eigenvalue weighted by Crippen LogP contribution is 2.39. The van der Waals surface area contributed by atoms with Crippen molar-refractivity contribution in [3.05, 3.63) is 34.4 Å². The largest absolute Gasteiger partial charge is 0.375 e. The van der Waals surface area contributed by atoms with E-state index in [1.807, 2.05) is 26.0 Å². The van der Waals surface area contributed by atoms with E-state index < -0.39 is 5.92 Å². The molecule has 2 aliphatic rings. The van der Waals surface area contributed by atoms with Crippen LogP contribution in [0.3, 0.4) is 0 Å². The number of rotatable bonds is 4. The second-order valence-electron chi connectivity index (χ2n) is 7.92. The molecule has 0 radical (unpaired) electrons. The highest BCUT2D eigenvalue weighted by atomic mass is 16.5. The summed E-state index contributed by atoms with van der Waals surface area (Å²) in [6, 6.07) is 3.91. The molecule has 28 heavy (non-hydrogen) atoms. The summed E-state index contributed by atoms with van der Waals surface area (Å²) in [5.74, 6) is 5.49. The first-order valence-electron chi connectivity index (χ1n) is 9.71. The summed E-state index contributed by atoms with van der Waals surface area (Å²) >= 11 is 0. The fraction of sp³-hybridized carbons (Fsp3) is 0.522. The molecule has 1 saturated heterocycles. The Hall–Kier alpha value is -2.45. The second-order valence-corrected chi connectivity index (χ2v) is 7.92. The van der Waals surface area contributed by atoms with Crippen molar-refractivity contribution in [1.82, 2.24) is 4.90 Å². The van der Waals surface area contributed by atoms with Crippen molar-refractivity contribution in [2.45, 2.75) is 39.5 Å². The maximum Gasteiger partial charge on any atom is 0.248 e. The van der Waals surface area contributed by atoms with Crippen LogP contribution in [0.25, 0.3) is 0 Å². The molecule has 5 heteroatoms. The standard InChI is InChI=1S/C23H27NO4/c1-5-6-16-7-14(2)22(15(3)8-16)23-19(25)9-17(10-20(23)26)18-11-24(12-18)21(27)13-28-4/h7-8,17-18,23H,9-13H2,1-4H3. The zero-order chi connectivity index (χ0) is 20.4. The van der Waals surface area contributed by atoms with E-state index in [-0.39, 0.29) is 35.9 Å². The number of amides is 1. The molecular weight excluding hydrogens is 354 g/mol. The smallest absolute Gasteiger partial charge is 0.248 e. The van der Waals surface area contributed by atoms with Gasteiger partial charge in [0, 0.05) is 38.6 Å². The first kappa shape index (κ1) is 20.3. The molecule has 1 aliphatic carbocycles. The first-order chi connectivity index (χ1) is 13.3. The van der Waals surface area contributed by atoms with Crippen LogP contribution in [-0.4, -0.2) is 49.2 Å². The Kier molecular flexibility index (Phi) is 6.00. The lowest BCUT2D eigenvalue weighted by Gasteiger charge is -2.44. The summed E-state index contributed by atoms with van der Waals surface area (Å²) in [6.45, 7) is 6.98. The molecule has 1 saturated carbocycles. The van der Waals surface area contributed by atoms with Crippen LogP contribution in [0.15, 0.2) is 12.1 Å². The Balaban J connectivity index is 1.72. The molecule has 2 fully saturated rings. The lowest BCUT2D eigenvalue weighted by atomic mass is 9.69. The fourth-order valence-electron chi connectivity index (χ4n) is 4.54. The number of likely N-dealkylation sites (tertiary alicyclic amines) is 1. The Morgan fingerprint density at radius 2 is 1.68 bits per heavy atom. The molecule has 0 bridgehead atoms. The molecule has 0 aromatic heterocycles. The summed E-state index contributed by atoms with van der Waals surface area (Å²) in [7, 11) is 1.50. The van der Waals surface area contributed by atoms with E-state index in [0.29, 0.717) is 25.9 Å². The zero-order valence-corrected chi connectivity index (χ0v) is 17.0. The van der Waals surface area contributed by atoms with Gasteiger partial charge in [0.15, 0.2) is 0 Å². The molecule has 0 atom stereocenters. The minimum absolute atomic E-state index is 0.00319. The third-order valence-corrected chi connectivity index (χ3v) is 5.92. The van der Waals surface area contributed by atoms with E-state index in [0.717, 1.165) is 22.3 Å². The average Bonchev–Trinajstić information content (AvgIpc) is 2.56. The van der Waals surface area contributed by atoms with Crippen molar-refractivity contribution in [3.63, 3.8) is 0 Å². The Bertz CT molecular complexity index is 829. The number of hydrogen-bond acceptors (Lipinski definition) is 4. The molecule has 3 rings (SSSR count). The van der Waals surface area contributed by atoms with Crippen LogP contribution in [0.5, 0.6) is 0 Å². The van der Waals surface area contributed by atoms with E-state index in [4.69, 9.17) is 4.74 Å². The topological polar surface area (TPSA) is 63.7 Å². The van der Waals surface area contributed by atoms with E-state index in [1.165, 1.54) is 7.11 Å². The predicted molar refractivity (Wildman–Crippen MR) is 106 cm³/mol. The number of hydrogen-bond donors (Lipinski definition) is 0. The molecule has 1 aromatic rings. The van der Waals surface area contributed by atoms with Crippen molar-refractivity contribution in [1.29, 1.82) is 0 Å². The van der Waals surface area contributed by atoms with Crippen LogP contribution >= 0.6 is 0 Å². The maximum atomic E-state index is 12.9. The third kappa shape index (κ3) is 3.88. The van der Waals surface area contributed by atoms with Gasteiger partial charge in [-0.1, -0.05) is 5.92 Å². The van der Waals surface area contributed by atoms with Gasteiger partial charge in [-0.3, -0.25) is 14.4 Å². The SMILES string of the molecule is CC#Cc1cc(C)c(C2C(=O)CC(C3CN(C(=O)COC)C3)CC2=O)c(C)c1. The molecule has 1 amide bonds. The monoisotopic (exact) mass is 381 g/mol. The summed E-state index contributed by atoms with van der Waals surface area (Å²) in [4.78, 5) is 39.4. The molecule has 5 nitrogen and oxygen atoms in total. The summed E-state index contributed by atoms with van der Waals surface area (Å²) in [6.07, 6.45) is 0.811. The summed E-state index contributed by atoms with van der Waals surface area (Å²) in [5, 5.41) is 0. The number of carbonyl (C=O) groups is 3. The van der Waals surface area contributed by atoms with Crippen LogP contribution < -0.4 is 0 Å². The molecule has 1 aromatic carbocycles. The van der Waals surface area contributed by atoms with Gasteiger partial charge < -0.3 is 9.64 Å². The van der Waals surface area contributed by atoms with Gasteiger partial charge >= 0.3 is 0 Å². The molecular formula is C23H27NO4. The lowest BCUT2D eigenvalue weighted by Crippen LogP contribution is -2.55. The average molecular weight is 381 g/mol. The summed E-state index contributed by atoms with van der Waals surface area (Å²) in [5.41, 5.74) is 3.65. The van der Waals surface area contributed by atoms with Crippen LogP contribution in [0.2, 0.25) is 0 Å². The van der Waals surface area contributed by atoms with Crippen LogP contribution in [0.1, 0.15) is 47.9 Å². The number of methoxy groups -OCH3 is 1. The number of ether oxygens (including phenoxy) is 1. The quantitative estimate of drug-likeness (QED) is 0.594. The highest BCUT2D eigenvalue weighted by Gasteiger charge is 2.44. The van der Waals surface area contributed by atoms with Gasteiger partial charge in [-0.25, -0.2) is 0 Å². The van der Waals surface area contributed by atoms with Gasteiger partial charge in [0.1, 0.15) is 24.1 Å². The Morgan fingerprint density at radius 1 is 1.11 bits per heavy atom. The number of nitrogens with zero attached hydrogens (tertiary/aromatic N) is 1. The number of benzene rings is 1. The van der Waals surface area contributed by atoms with Gasteiger partial charge in [0.05, 0.1) is 0 Å². The van der Waals surface area contributed by atoms with Gasteiger partial charge in [0.25, 0.3) is 0 Å². The van der Waals surface area contributed by atoms with E-state index >= 15 is 0 Å². The Labute approximate surface area is 166 Å². The molecule has 0 spiro atoms. The van der Waals surface area contributed by atoms with E-state index in [1.54, 1.807) is 11.8 Å². The zero-order valence-electron chi connectivity index (χ0n) is 17.0. The minimum Gasteiger partial charge on any atom is -0.375 e. The van der Waals surface area contributed by atoms with Gasteiger partial charge in [-0.15, -0.1) is 5.92 Å². The number of ketones is 2. The molecule has 0 unspecified atom stereocenters. The Morgan fingerprint density at radius 3 is 2.18 bits per heavy atom. The number of carbonyl (C=O) groups excluding carboxylic acids is 3. The number of aryl methyl sites for hydroxylation is 2. The van der Waals surface area contributed by atoms with Crippen molar-refractivity contribution in [2.75, 3.05) is 26.8 Å². The van der Waals surface area contributed by atoms with Crippen molar-refractivity contribution in [2.24, 2.45) is 11.8 Å². The minimum atomic E-state index is -0.661. The second kappa shape index (κ2) is 8.28. The molecule has 1 heterocycles. The fourth-order valence-corrected chi connectivity index (χ4v) is 4.54. The van der Waals surface area contributed by atoms with Crippen LogP contribution in [0, 0.1) is 37.5 Å². The third-order valence-electron chi connectivity index (χ3n) is 5.92. The van der Waals surface area contributed by atoms with E-state index in [9.17, 15) is 14.4 Å². The summed E-state index contributed by atoms with van der Waals surface area (Å²) < 4.78 is 4.88. The van der Waals surface area contributed by atoms with E-state index in [2.05, 4.69) is 11.8 Å².